The van der Waals surface area contributed by atoms with Crippen molar-refractivity contribution < 1.29 is 13.2 Å². The lowest BCUT2D eigenvalue weighted by molar-refractivity contribution is -0.138. The zero-order chi connectivity index (χ0) is 14.0. The summed E-state index contributed by atoms with van der Waals surface area (Å²) in [6, 6.07) is 4.46. The molecule has 1 saturated heterocycles. The second kappa shape index (κ2) is 5.61. The van der Waals surface area contributed by atoms with Crippen LogP contribution in [-0.2, 0) is 12.1 Å². The molecule has 0 bridgehead atoms. The Morgan fingerprint density at radius 1 is 1.37 bits per heavy atom. The molecule has 19 heavy (non-hydrogen) atoms. The van der Waals surface area contributed by atoms with Crippen LogP contribution in [-0.4, -0.2) is 13.1 Å². The molecule has 0 spiro atoms. The molecule has 1 aromatic rings. The Balaban J connectivity index is 2.32. The van der Waals surface area contributed by atoms with E-state index in [9.17, 15) is 13.2 Å². The third-order valence-corrected chi connectivity index (χ3v) is 3.85. The van der Waals surface area contributed by atoms with Gasteiger partial charge in [-0.15, -0.1) is 11.6 Å². The Kier molecular flexibility index (Phi) is 4.29. The number of anilines is 1. The smallest absolute Gasteiger partial charge is 0.371 e. The van der Waals surface area contributed by atoms with Gasteiger partial charge in [-0.2, -0.15) is 13.2 Å². The van der Waals surface area contributed by atoms with E-state index < -0.39 is 11.7 Å². The highest BCUT2D eigenvalue weighted by Gasteiger charge is 2.34. The van der Waals surface area contributed by atoms with Gasteiger partial charge in [0, 0.05) is 24.7 Å². The molecule has 0 amide bonds. The third-order valence-electron chi connectivity index (χ3n) is 3.56. The lowest BCUT2D eigenvalue weighted by atomic mass is 9.99. The van der Waals surface area contributed by atoms with E-state index in [2.05, 4.69) is 6.92 Å². The molecule has 106 valence electrons. The van der Waals surface area contributed by atoms with Crippen molar-refractivity contribution in [3.63, 3.8) is 0 Å². The van der Waals surface area contributed by atoms with Crippen molar-refractivity contribution in [2.45, 2.75) is 31.8 Å². The van der Waals surface area contributed by atoms with Crippen LogP contribution in [0.4, 0.5) is 18.9 Å². The fraction of sp³-hybridized carbons (Fsp3) is 0.571. The Labute approximate surface area is 116 Å². The van der Waals surface area contributed by atoms with E-state index in [1.165, 1.54) is 12.1 Å². The summed E-state index contributed by atoms with van der Waals surface area (Å²) in [4.78, 5) is 2.03. The van der Waals surface area contributed by atoms with Gasteiger partial charge < -0.3 is 4.90 Å². The van der Waals surface area contributed by atoms with Gasteiger partial charge in [-0.1, -0.05) is 13.0 Å². The van der Waals surface area contributed by atoms with Gasteiger partial charge in [-0.25, -0.2) is 0 Å². The summed E-state index contributed by atoms with van der Waals surface area (Å²) in [5, 5.41) is 0. The maximum Gasteiger partial charge on any atom is 0.416 e. The minimum Gasteiger partial charge on any atom is -0.371 e. The van der Waals surface area contributed by atoms with Crippen molar-refractivity contribution in [1.82, 2.24) is 0 Å². The van der Waals surface area contributed by atoms with Gasteiger partial charge in [0.1, 0.15) is 0 Å². The van der Waals surface area contributed by atoms with Crippen LogP contribution in [0.25, 0.3) is 0 Å². The van der Waals surface area contributed by atoms with Crippen LogP contribution in [0.15, 0.2) is 18.2 Å². The van der Waals surface area contributed by atoms with Gasteiger partial charge in [-0.3, -0.25) is 0 Å². The van der Waals surface area contributed by atoms with Crippen LogP contribution >= 0.6 is 11.6 Å². The predicted molar refractivity (Wildman–Crippen MR) is 71.6 cm³/mol. The van der Waals surface area contributed by atoms with Gasteiger partial charge in [0.15, 0.2) is 0 Å². The van der Waals surface area contributed by atoms with Gasteiger partial charge in [0.2, 0.25) is 0 Å². The average Bonchev–Trinajstić information content (AvgIpc) is 2.37. The summed E-state index contributed by atoms with van der Waals surface area (Å²) in [6.07, 6.45) is -2.18. The molecule has 0 saturated carbocycles. The largest absolute Gasteiger partial charge is 0.416 e. The van der Waals surface area contributed by atoms with Gasteiger partial charge in [-0.05, 0) is 36.5 Å². The fourth-order valence-corrected chi connectivity index (χ4v) is 2.80. The zero-order valence-corrected chi connectivity index (χ0v) is 11.6. The van der Waals surface area contributed by atoms with E-state index in [0.29, 0.717) is 11.6 Å². The molecule has 1 aliphatic heterocycles. The first kappa shape index (κ1) is 14.5. The fourth-order valence-electron chi connectivity index (χ4n) is 2.57. The average molecular weight is 292 g/mol. The number of benzene rings is 1. The number of piperidine rings is 1. The molecule has 1 unspecified atom stereocenters. The summed E-state index contributed by atoms with van der Waals surface area (Å²) < 4.78 is 38.9. The molecule has 0 aromatic heterocycles. The lowest BCUT2D eigenvalue weighted by Crippen LogP contribution is -2.34. The van der Waals surface area contributed by atoms with E-state index in [1.807, 2.05) is 4.90 Å². The van der Waals surface area contributed by atoms with Gasteiger partial charge in [0.25, 0.3) is 0 Å². The molecular weight excluding hydrogens is 275 g/mol. The summed E-state index contributed by atoms with van der Waals surface area (Å²) >= 11 is 5.59. The number of nitrogens with zero attached hydrogens (tertiary/aromatic N) is 1. The lowest BCUT2D eigenvalue weighted by Gasteiger charge is -2.33. The SMILES string of the molecule is CC1CCCN(c2ccc(CCl)c(C(F)(F)F)c2)C1. The highest BCUT2D eigenvalue weighted by atomic mass is 35.5. The Morgan fingerprint density at radius 3 is 2.68 bits per heavy atom. The molecule has 0 aliphatic carbocycles. The highest BCUT2D eigenvalue weighted by Crippen LogP contribution is 2.36. The molecule has 0 N–H and O–H groups in total. The first-order chi connectivity index (χ1) is 8.91. The summed E-state index contributed by atoms with van der Waals surface area (Å²) in [6.45, 7) is 3.77. The van der Waals surface area contributed by atoms with Crippen LogP contribution in [0, 0.1) is 5.92 Å². The number of alkyl halides is 4. The van der Waals surface area contributed by atoms with E-state index in [-0.39, 0.29) is 11.4 Å². The second-order valence-corrected chi connectivity index (χ2v) is 5.43. The maximum atomic E-state index is 13.0. The monoisotopic (exact) mass is 291 g/mol. The minimum absolute atomic E-state index is 0.120. The third kappa shape index (κ3) is 3.35. The van der Waals surface area contributed by atoms with E-state index in [4.69, 9.17) is 11.6 Å². The predicted octanol–water partition coefficient (Wildman–Crippen LogP) is 4.68. The number of halogens is 4. The zero-order valence-electron chi connectivity index (χ0n) is 10.8. The second-order valence-electron chi connectivity index (χ2n) is 5.17. The van der Waals surface area contributed by atoms with E-state index in [1.54, 1.807) is 6.07 Å². The Hall–Kier alpha value is -0.900. The van der Waals surface area contributed by atoms with Crippen LogP contribution in [0.2, 0.25) is 0 Å². The maximum absolute atomic E-state index is 13.0. The molecule has 2 rings (SSSR count). The standard InChI is InChI=1S/C14H17ClF3N/c1-10-3-2-6-19(9-10)12-5-4-11(8-15)13(7-12)14(16,17)18/h4-5,7,10H,2-3,6,8-9H2,1H3. The molecule has 1 fully saturated rings. The summed E-state index contributed by atoms with van der Waals surface area (Å²) in [7, 11) is 0. The van der Waals surface area contributed by atoms with Gasteiger partial charge in [0.05, 0.1) is 5.56 Å². The van der Waals surface area contributed by atoms with Crippen molar-refractivity contribution in [2.75, 3.05) is 18.0 Å². The molecule has 1 nitrogen and oxygen atoms in total. The molecule has 1 aromatic carbocycles. The molecule has 1 atom stereocenters. The molecule has 1 aliphatic rings. The molecule has 0 radical (unpaired) electrons. The van der Waals surface area contributed by atoms with Crippen LogP contribution in [0.5, 0.6) is 0 Å². The van der Waals surface area contributed by atoms with Crippen molar-refractivity contribution in [3.8, 4) is 0 Å². The van der Waals surface area contributed by atoms with Crippen molar-refractivity contribution in [2.24, 2.45) is 5.92 Å². The normalized spacial score (nSPS) is 20.7. The number of rotatable bonds is 2. The highest BCUT2D eigenvalue weighted by molar-refractivity contribution is 6.17. The Morgan fingerprint density at radius 2 is 2.11 bits per heavy atom. The van der Waals surface area contributed by atoms with Crippen molar-refractivity contribution in [3.05, 3.63) is 29.3 Å². The first-order valence-corrected chi connectivity index (χ1v) is 6.96. The number of hydrogen-bond acceptors (Lipinski definition) is 1. The van der Waals surface area contributed by atoms with Crippen LogP contribution in [0.3, 0.4) is 0 Å². The quantitative estimate of drug-likeness (QED) is 0.715. The Bertz CT molecular complexity index is 445. The van der Waals surface area contributed by atoms with Crippen molar-refractivity contribution in [1.29, 1.82) is 0 Å². The van der Waals surface area contributed by atoms with Gasteiger partial charge >= 0.3 is 6.18 Å². The van der Waals surface area contributed by atoms with E-state index in [0.717, 1.165) is 25.9 Å². The van der Waals surface area contributed by atoms with Crippen LogP contribution < -0.4 is 4.90 Å². The molecule has 1 heterocycles. The number of hydrogen-bond donors (Lipinski definition) is 0. The minimum atomic E-state index is -4.35. The first-order valence-electron chi connectivity index (χ1n) is 6.43. The molecular formula is C14H17ClF3N. The van der Waals surface area contributed by atoms with Crippen LogP contribution in [0.1, 0.15) is 30.9 Å². The topological polar surface area (TPSA) is 3.24 Å². The molecule has 5 heteroatoms. The van der Waals surface area contributed by atoms with E-state index >= 15 is 0 Å². The van der Waals surface area contributed by atoms with Crippen molar-refractivity contribution >= 4 is 17.3 Å². The summed E-state index contributed by atoms with van der Waals surface area (Å²) in [5.74, 6) is 0.404. The summed E-state index contributed by atoms with van der Waals surface area (Å²) in [5.41, 5.74) is 0.175.